The quantitative estimate of drug-likeness (QED) is 0.831. The molecule has 0 spiro atoms. The van der Waals surface area contributed by atoms with E-state index in [0.29, 0.717) is 23.2 Å². The fourth-order valence-electron chi connectivity index (χ4n) is 1.39. The Morgan fingerprint density at radius 1 is 1.59 bits per heavy atom. The lowest BCUT2D eigenvalue weighted by atomic mass is 10.0. The summed E-state index contributed by atoms with van der Waals surface area (Å²) in [6, 6.07) is 1.63. The number of nitrogens with one attached hydrogen (secondary N) is 1. The number of anilines is 1. The normalized spacial score (nSPS) is 14.8. The molecule has 2 heterocycles. The van der Waals surface area contributed by atoms with Crippen molar-refractivity contribution in [3.8, 4) is 11.6 Å². The summed E-state index contributed by atoms with van der Waals surface area (Å²) >= 11 is 0. The zero-order chi connectivity index (χ0) is 12.5. The number of nitrogens with two attached hydrogens (primary N) is 1. The van der Waals surface area contributed by atoms with Crippen molar-refractivity contribution < 1.29 is 9.26 Å². The zero-order valence-corrected chi connectivity index (χ0v) is 10.0. The van der Waals surface area contributed by atoms with Crippen LogP contribution in [0.5, 0.6) is 0 Å². The van der Waals surface area contributed by atoms with E-state index in [1.54, 1.807) is 13.2 Å². The largest absolute Gasteiger partial charge is 0.382 e. The summed E-state index contributed by atoms with van der Waals surface area (Å²) in [7, 11) is 1.62. The second kappa shape index (κ2) is 4.17. The first-order chi connectivity index (χ1) is 8.09. The maximum absolute atomic E-state index is 5.50. The van der Waals surface area contributed by atoms with Crippen LogP contribution in [0.15, 0.2) is 10.6 Å². The Balaban J connectivity index is 2.33. The van der Waals surface area contributed by atoms with Crippen molar-refractivity contribution in [1.82, 2.24) is 20.3 Å². The molecule has 0 saturated carbocycles. The van der Waals surface area contributed by atoms with Crippen LogP contribution in [0.4, 0.5) is 5.82 Å². The molecule has 0 aliphatic heterocycles. The molecule has 0 aliphatic carbocycles. The smallest absolute Gasteiger partial charge is 0.276 e. The molecule has 0 fully saturated rings. The van der Waals surface area contributed by atoms with Crippen molar-refractivity contribution in [2.45, 2.75) is 25.9 Å². The SMILES string of the molecule is CCC(C)(OC)c1noc(-c2cc(N)n[nH]2)n1. The lowest BCUT2D eigenvalue weighted by molar-refractivity contribution is -0.0106. The van der Waals surface area contributed by atoms with E-state index in [2.05, 4.69) is 20.3 Å². The predicted octanol–water partition coefficient (Wildman–Crippen LogP) is 1.31. The number of H-pyrrole nitrogens is 1. The van der Waals surface area contributed by atoms with Gasteiger partial charge in [-0.3, -0.25) is 5.10 Å². The van der Waals surface area contributed by atoms with Gasteiger partial charge in [-0.15, -0.1) is 0 Å². The zero-order valence-electron chi connectivity index (χ0n) is 10.0. The van der Waals surface area contributed by atoms with E-state index in [-0.39, 0.29) is 0 Å². The molecule has 7 heteroatoms. The van der Waals surface area contributed by atoms with Crippen LogP contribution in [0.25, 0.3) is 11.6 Å². The molecule has 2 rings (SSSR count). The van der Waals surface area contributed by atoms with E-state index in [4.69, 9.17) is 15.0 Å². The Hall–Kier alpha value is -1.89. The van der Waals surface area contributed by atoms with E-state index in [0.717, 1.165) is 6.42 Å². The van der Waals surface area contributed by atoms with Gasteiger partial charge in [0.25, 0.3) is 5.89 Å². The summed E-state index contributed by atoms with van der Waals surface area (Å²) < 4.78 is 10.5. The third kappa shape index (κ3) is 2.01. The average Bonchev–Trinajstić information content (AvgIpc) is 2.96. The molecular formula is C10H15N5O2. The molecule has 0 saturated heterocycles. The first kappa shape index (κ1) is 11.6. The third-order valence-electron chi connectivity index (χ3n) is 2.85. The lowest BCUT2D eigenvalue weighted by Gasteiger charge is -2.21. The number of nitrogen functional groups attached to an aromatic ring is 1. The van der Waals surface area contributed by atoms with Gasteiger partial charge in [0.05, 0.1) is 0 Å². The van der Waals surface area contributed by atoms with Crippen molar-refractivity contribution in [2.75, 3.05) is 12.8 Å². The van der Waals surface area contributed by atoms with Gasteiger partial charge in [-0.2, -0.15) is 10.1 Å². The van der Waals surface area contributed by atoms with Gasteiger partial charge < -0.3 is 15.0 Å². The summed E-state index contributed by atoms with van der Waals surface area (Å²) in [6.07, 6.45) is 0.744. The van der Waals surface area contributed by atoms with E-state index < -0.39 is 5.60 Å². The molecule has 1 atom stereocenters. The molecule has 2 aromatic heterocycles. The van der Waals surface area contributed by atoms with Gasteiger partial charge in [-0.25, -0.2) is 0 Å². The van der Waals surface area contributed by atoms with E-state index in [1.807, 2.05) is 13.8 Å². The molecule has 0 aliphatic rings. The number of rotatable bonds is 4. The van der Waals surface area contributed by atoms with Crippen molar-refractivity contribution >= 4 is 5.82 Å². The van der Waals surface area contributed by atoms with Crippen LogP contribution < -0.4 is 5.73 Å². The summed E-state index contributed by atoms with van der Waals surface area (Å²) in [6.45, 7) is 3.90. The molecule has 1 unspecified atom stereocenters. The maximum atomic E-state index is 5.50. The second-order valence-electron chi connectivity index (χ2n) is 3.92. The molecule has 92 valence electrons. The van der Waals surface area contributed by atoms with Gasteiger partial charge in [0, 0.05) is 13.2 Å². The fraction of sp³-hybridized carbons (Fsp3) is 0.500. The van der Waals surface area contributed by atoms with Crippen LogP contribution in [0.2, 0.25) is 0 Å². The Morgan fingerprint density at radius 2 is 2.35 bits per heavy atom. The van der Waals surface area contributed by atoms with Gasteiger partial charge in [0.2, 0.25) is 5.82 Å². The van der Waals surface area contributed by atoms with Crippen LogP contribution in [0.3, 0.4) is 0 Å². The monoisotopic (exact) mass is 237 g/mol. The molecule has 0 bridgehead atoms. The number of nitrogens with zero attached hydrogens (tertiary/aromatic N) is 3. The van der Waals surface area contributed by atoms with Gasteiger partial charge in [-0.05, 0) is 13.3 Å². The molecule has 3 N–H and O–H groups in total. The Bertz CT molecular complexity index is 500. The molecule has 0 radical (unpaired) electrons. The molecule has 0 amide bonds. The minimum atomic E-state index is -0.548. The summed E-state index contributed by atoms with van der Waals surface area (Å²) in [5.74, 6) is 1.23. The Morgan fingerprint density at radius 3 is 2.88 bits per heavy atom. The van der Waals surface area contributed by atoms with Crippen LogP contribution in [0.1, 0.15) is 26.1 Å². The number of methoxy groups -OCH3 is 1. The number of aromatic amines is 1. The van der Waals surface area contributed by atoms with Crippen molar-refractivity contribution in [3.05, 3.63) is 11.9 Å². The van der Waals surface area contributed by atoms with Crippen LogP contribution in [-0.4, -0.2) is 27.4 Å². The van der Waals surface area contributed by atoms with E-state index >= 15 is 0 Å². The lowest BCUT2D eigenvalue weighted by Crippen LogP contribution is -2.24. The molecule has 7 nitrogen and oxygen atoms in total. The highest BCUT2D eigenvalue weighted by molar-refractivity contribution is 5.51. The predicted molar refractivity (Wildman–Crippen MR) is 60.9 cm³/mol. The third-order valence-corrected chi connectivity index (χ3v) is 2.85. The van der Waals surface area contributed by atoms with Crippen LogP contribution in [-0.2, 0) is 10.3 Å². The van der Waals surface area contributed by atoms with Crippen molar-refractivity contribution in [3.63, 3.8) is 0 Å². The van der Waals surface area contributed by atoms with Gasteiger partial charge in [0.15, 0.2) is 0 Å². The first-order valence-electron chi connectivity index (χ1n) is 5.29. The highest BCUT2D eigenvalue weighted by Gasteiger charge is 2.30. The highest BCUT2D eigenvalue weighted by atomic mass is 16.5. The first-order valence-corrected chi connectivity index (χ1v) is 5.29. The van der Waals surface area contributed by atoms with Crippen LogP contribution in [0, 0.1) is 0 Å². The summed E-state index contributed by atoms with van der Waals surface area (Å²) in [5, 5.41) is 10.4. The summed E-state index contributed by atoms with van der Waals surface area (Å²) in [4.78, 5) is 4.28. The number of aromatic nitrogens is 4. The maximum Gasteiger partial charge on any atom is 0.276 e. The van der Waals surface area contributed by atoms with Crippen molar-refractivity contribution in [1.29, 1.82) is 0 Å². The number of hydrogen-bond donors (Lipinski definition) is 2. The minimum absolute atomic E-state index is 0.348. The standard InChI is InChI=1S/C10H15N5O2/c1-4-10(2,16-3)9-12-8(17-15-9)6-5-7(11)14-13-6/h5H,4H2,1-3H3,(H3,11,13,14). The average molecular weight is 237 g/mol. The van der Waals surface area contributed by atoms with E-state index in [1.165, 1.54) is 0 Å². The van der Waals surface area contributed by atoms with Crippen molar-refractivity contribution in [2.24, 2.45) is 0 Å². The molecule has 2 aromatic rings. The molecule has 0 aromatic carbocycles. The highest BCUT2D eigenvalue weighted by Crippen LogP contribution is 2.27. The number of ether oxygens (including phenoxy) is 1. The second-order valence-corrected chi connectivity index (χ2v) is 3.92. The Kier molecular flexibility index (Phi) is 2.84. The molecule has 17 heavy (non-hydrogen) atoms. The fourth-order valence-corrected chi connectivity index (χ4v) is 1.39. The minimum Gasteiger partial charge on any atom is -0.382 e. The van der Waals surface area contributed by atoms with E-state index in [9.17, 15) is 0 Å². The Labute approximate surface area is 98.3 Å². The molecular weight excluding hydrogens is 222 g/mol. The summed E-state index contributed by atoms with van der Waals surface area (Å²) in [5.41, 5.74) is 5.55. The van der Waals surface area contributed by atoms with Gasteiger partial charge in [-0.1, -0.05) is 12.1 Å². The number of hydrogen-bond acceptors (Lipinski definition) is 6. The van der Waals surface area contributed by atoms with Gasteiger partial charge >= 0.3 is 0 Å². The van der Waals surface area contributed by atoms with Gasteiger partial charge in [0.1, 0.15) is 17.1 Å². The topological polar surface area (TPSA) is 103 Å². The van der Waals surface area contributed by atoms with Crippen LogP contribution >= 0.6 is 0 Å².